The van der Waals surface area contributed by atoms with E-state index in [-0.39, 0.29) is 11.8 Å². The van der Waals surface area contributed by atoms with E-state index in [0.717, 1.165) is 89.9 Å². The normalized spacial score (nSPS) is 13.0. The Labute approximate surface area is 305 Å². The van der Waals surface area contributed by atoms with Crippen molar-refractivity contribution in [1.29, 1.82) is 0 Å². The molecule has 0 aliphatic carbocycles. The highest BCUT2D eigenvalue weighted by atomic mass is 17.5. The molecule has 0 saturated carbocycles. The maximum Gasteiger partial charge on any atom is 0.349 e. The maximum atomic E-state index is 12.8. The number of hydrogen-bond acceptors (Lipinski definition) is 5. The number of rotatable bonds is 38. The van der Waals surface area contributed by atoms with Gasteiger partial charge in [-0.25, -0.2) is 9.59 Å². The van der Waals surface area contributed by atoms with Crippen molar-refractivity contribution in [3.05, 3.63) is 24.3 Å². The Morgan fingerprint density at radius 3 is 0.959 bits per heavy atom. The molecule has 288 valence electrons. The molecule has 0 saturated heterocycles. The molecule has 0 aliphatic heterocycles. The van der Waals surface area contributed by atoms with Crippen LogP contribution in [0.1, 0.15) is 233 Å². The van der Waals surface area contributed by atoms with E-state index in [0.29, 0.717) is 0 Å². The van der Waals surface area contributed by atoms with Crippen LogP contribution in [0.25, 0.3) is 0 Å². The van der Waals surface area contributed by atoms with E-state index >= 15 is 0 Å². The highest BCUT2D eigenvalue weighted by molar-refractivity contribution is 5.72. The van der Waals surface area contributed by atoms with Gasteiger partial charge in [0.05, 0.1) is 11.8 Å². The van der Waals surface area contributed by atoms with Crippen LogP contribution in [0.15, 0.2) is 24.3 Å². The Hall–Kier alpha value is -1.62. The van der Waals surface area contributed by atoms with Gasteiger partial charge in [-0.15, -0.1) is 0 Å². The predicted octanol–water partition coefficient (Wildman–Crippen LogP) is 14.8. The highest BCUT2D eigenvalue weighted by Crippen LogP contribution is 2.22. The quantitative estimate of drug-likeness (QED) is 0.0279. The Bertz CT molecular complexity index is 698. The zero-order valence-electron chi connectivity index (χ0n) is 33.1. The van der Waals surface area contributed by atoms with E-state index in [9.17, 15) is 9.59 Å². The number of hydrogen-bond donors (Lipinski definition) is 0. The van der Waals surface area contributed by atoms with Crippen molar-refractivity contribution in [3.8, 4) is 0 Å². The van der Waals surface area contributed by atoms with Crippen LogP contribution in [0.2, 0.25) is 0 Å². The molecule has 0 amide bonds. The van der Waals surface area contributed by atoms with Gasteiger partial charge in [0.1, 0.15) is 0 Å². The average Bonchev–Trinajstić information content (AvgIpc) is 3.10. The van der Waals surface area contributed by atoms with Gasteiger partial charge in [-0.2, -0.15) is 0 Å². The summed E-state index contributed by atoms with van der Waals surface area (Å²) in [5.41, 5.74) is 0. The molecule has 2 atom stereocenters. The van der Waals surface area contributed by atoms with Crippen LogP contribution in [0.3, 0.4) is 0 Å². The molecule has 5 heteroatoms. The molecule has 0 aromatic rings. The van der Waals surface area contributed by atoms with Gasteiger partial charge in [0.15, 0.2) is 0 Å². The molecule has 0 rings (SSSR count). The van der Waals surface area contributed by atoms with Crippen LogP contribution < -0.4 is 0 Å². The van der Waals surface area contributed by atoms with Gasteiger partial charge in [0.25, 0.3) is 0 Å². The lowest BCUT2D eigenvalue weighted by atomic mass is 9.95. The van der Waals surface area contributed by atoms with Crippen LogP contribution >= 0.6 is 0 Å². The minimum Gasteiger partial charge on any atom is -0.259 e. The van der Waals surface area contributed by atoms with Gasteiger partial charge in [-0.05, 0) is 77.0 Å². The maximum absolute atomic E-state index is 12.8. The van der Waals surface area contributed by atoms with E-state index < -0.39 is 11.9 Å². The molecule has 0 N–H and O–H groups in total. The highest BCUT2D eigenvalue weighted by Gasteiger charge is 2.24. The van der Waals surface area contributed by atoms with Gasteiger partial charge in [-0.1, -0.05) is 180 Å². The molecule has 5 nitrogen and oxygen atoms in total. The zero-order chi connectivity index (χ0) is 35.9. The van der Waals surface area contributed by atoms with E-state index in [1.54, 1.807) is 0 Å². The van der Waals surface area contributed by atoms with Crippen LogP contribution in [-0.2, 0) is 24.4 Å². The van der Waals surface area contributed by atoms with Gasteiger partial charge in [-0.3, -0.25) is 9.78 Å². The van der Waals surface area contributed by atoms with Crippen molar-refractivity contribution in [2.75, 3.05) is 0 Å². The van der Waals surface area contributed by atoms with E-state index in [1.165, 1.54) is 116 Å². The fourth-order valence-electron chi connectivity index (χ4n) is 6.45. The summed E-state index contributed by atoms with van der Waals surface area (Å²) in [7, 11) is 0. The van der Waals surface area contributed by atoms with Gasteiger partial charge in [0, 0.05) is 5.04 Å². The smallest absolute Gasteiger partial charge is 0.259 e. The van der Waals surface area contributed by atoms with Crippen molar-refractivity contribution >= 4 is 11.9 Å². The first-order valence-electron chi connectivity index (χ1n) is 21.5. The Kier molecular flexibility index (Phi) is 37.9. The third-order valence-electron chi connectivity index (χ3n) is 9.84. The number of allylic oxidation sites excluding steroid dienone is 4. The summed E-state index contributed by atoms with van der Waals surface area (Å²) in [6.07, 6.45) is 46.5. The fraction of sp³-hybridized carbons (Fsp3) is 0.864. The SMILES string of the molecule is CCCCCCCCC=CCCCCCCC(CCCC)C(=O)OOOC(=O)C(CCCC)CCCCCCC=CCCCCCCCC. The predicted molar refractivity (Wildman–Crippen MR) is 209 cm³/mol. The summed E-state index contributed by atoms with van der Waals surface area (Å²) in [5.74, 6) is -1.25. The second-order valence-electron chi connectivity index (χ2n) is 14.6. The summed E-state index contributed by atoms with van der Waals surface area (Å²) in [6, 6.07) is 0. The molecular formula is C44H82O5. The van der Waals surface area contributed by atoms with Crippen LogP contribution in [0, 0.1) is 11.8 Å². The molecule has 0 spiro atoms. The lowest BCUT2D eigenvalue weighted by Crippen LogP contribution is -2.22. The number of unbranched alkanes of at least 4 members (excludes halogenated alkanes) is 22. The van der Waals surface area contributed by atoms with Gasteiger partial charge >= 0.3 is 11.9 Å². The Balaban J connectivity index is 4.19. The lowest BCUT2D eigenvalue weighted by Gasteiger charge is -2.16. The first-order chi connectivity index (χ1) is 24.1. The van der Waals surface area contributed by atoms with Crippen molar-refractivity contribution in [3.63, 3.8) is 0 Å². The largest absolute Gasteiger partial charge is 0.349 e. The fourth-order valence-corrected chi connectivity index (χ4v) is 6.45. The molecule has 0 aromatic carbocycles. The van der Waals surface area contributed by atoms with Crippen LogP contribution in [-0.4, -0.2) is 11.9 Å². The first-order valence-corrected chi connectivity index (χ1v) is 21.5. The minimum atomic E-state index is -0.412. The van der Waals surface area contributed by atoms with Crippen LogP contribution in [0.5, 0.6) is 0 Å². The molecule has 0 heterocycles. The number of carbonyl (C=O) groups is 2. The van der Waals surface area contributed by atoms with Crippen molar-refractivity contribution in [1.82, 2.24) is 0 Å². The second-order valence-corrected chi connectivity index (χ2v) is 14.6. The number of carbonyl (C=O) groups excluding carboxylic acids is 2. The summed E-state index contributed by atoms with van der Waals surface area (Å²) >= 11 is 0. The molecule has 0 aromatic heterocycles. The molecule has 0 bridgehead atoms. The van der Waals surface area contributed by atoms with E-state index in [1.807, 2.05) is 0 Å². The standard InChI is InChI=1S/C44H82O5/c1-5-9-13-15-17-19-21-23-25-27-29-31-33-35-39-41(37-11-7-3)43(45)47-49-48-44(46)42(38-12-8-4)40-36-34-32-30-28-26-24-22-20-18-16-14-10-6-2/h23-26,41-42H,5-22,27-40H2,1-4H3. The molecule has 0 radical (unpaired) electrons. The zero-order valence-corrected chi connectivity index (χ0v) is 33.1. The third kappa shape index (κ3) is 33.3. The molecule has 0 fully saturated rings. The van der Waals surface area contributed by atoms with Gasteiger partial charge in [0.2, 0.25) is 0 Å². The molecule has 0 aliphatic rings. The lowest BCUT2D eigenvalue weighted by molar-refractivity contribution is -0.462. The Morgan fingerprint density at radius 1 is 0.367 bits per heavy atom. The van der Waals surface area contributed by atoms with Crippen molar-refractivity contribution < 1.29 is 24.4 Å². The minimum absolute atomic E-state index is 0.211. The monoisotopic (exact) mass is 691 g/mol. The third-order valence-corrected chi connectivity index (χ3v) is 9.84. The summed E-state index contributed by atoms with van der Waals surface area (Å²) < 4.78 is 0. The average molecular weight is 691 g/mol. The van der Waals surface area contributed by atoms with Crippen LogP contribution in [0.4, 0.5) is 0 Å². The van der Waals surface area contributed by atoms with E-state index in [2.05, 4.69) is 52.0 Å². The van der Waals surface area contributed by atoms with Gasteiger partial charge < -0.3 is 0 Å². The first kappa shape index (κ1) is 47.4. The summed E-state index contributed by atoms with van der Waals surface area (Å²) in [4.78, 5) is 35.7. The van der Waals surface area contributed by atoms with Crippen molar-refractivity contribution in [2.45, 2.75) is 233 Å². The Morgan fingerprint density at radius 2 is 0.633 bits per heavy atom. The molecule has 49 heavy (non-hydrogen) atoms. The topological polar surface area (TPSA) is 61.8 Å². The second kappa shape index (κ2) is 39.2. The van der Waals surface area contributed by atoms with E-state index in [4.69, 9.17) is 14.8 Å². The molecular weight excluding hydrogens is 608 g/mol. The molecule has 2 unspecified atom stereocenters. The summed E-state index contributed by atoms with van der Waals surface area (Å²) in [6.45, 7) is 8.79. The van der Waals surface area contributed by atoms with Crippen molar-refractivity contribution in [2.24, 2.45) is 11.8 Å². The summed E-state index contributed by atoms with van der Waals surface area (Å²) in [5, 5.41) is 4.81.